The van der Waals surface area contributed by atoms with Crippen molar-refractivity contribution in [3.8, 4) is 17.2 Å². The summed E-state index contributed by atoms with van der Waals surface area (Å²) >= 11 is 8.32. The molecule has 8 nitrogen and oxygen atoms in total. The molecule has 10 heteroatoms. The Hall–Kier alpha value is -4.35. The van der Waals surface area contributed by atoms with E-state index in [1.165, 1.54) is 6.08 Å². The fourth-order valence-corrected chi connectivity index (χ4v) is 5.30. The number of anilines is 1. The minimum Gasteiger partial charge on any atom is -0.490 e. The molecule has 0 aliphatic carbocycles. The van der Waals surface area contributed by atoms with Gasteiger partial charge in [0.2, 0.25) is 0 Å². The summed E-state index contributed by atoms with van der Waals surface area (Å²) in [6.07, 6.45) is 1.43. The van der Waals surface area contributed by atoms with Crippen LogP contribution in [0.25, 0.3) is 6.08 Å². The lowest BCUT2D eigenvalue weighted by Crippen LogP contribution is -2.54. The van der Waals surface area contributed by atoms with Crippen molar-refractivity contribution in [2.75, 3.05) is 11.5 Å². The summed E-state index contributed by atoms with van der Waals surface area (Å²) < 4.78 is 18.4. The zero-order chi connectivity index (χ0) is 30.3. The van der Waals surface area contributed by atoms with Gasteiger partial charge in [-0.15, -0.1) is 0 Å². The topological polar surface area (TPSA) is 94.2 Å². The van der Waals surface area contributed by atoms with E-state index in [0.717, 1.165) is 19.6 Å². The lowest BCUT2D eigenvalue weighted by atomic mass is 10.1. The van der Waals surface area contributed by atoms with Gasteiger partial charge in [0, 0.05) is 10.6 Å². The number of nitrogens with zero attached hydrogens (tertiary/aromatic N) is 1. The molecule has 1 heterocycles. The lowest BCUT2D eigenvalue weighted by molar-refractivity contribution is -0.122. The number of hydrogen-bond acceptors (Lipinski definition) is 6. The summed E-state index contributed by atoms with van der Waals surface area (Å²) in [5.74, 6) is 0.00911. The average molecular weight is 709 g/mol. The van der Waals surface area contributed by atoms with E-state index in [2.05, 4.69) is 27.9 Å². The second-order valence-electron chi connectivity index (χ2n) is 9.37. The molecule has 0 radical (unpaired) electrons. The average Bonchev–Trinajstić information content (AvgIpc) is 3.00. The van der Waals surface area contributed by atoms with Gasteiger partial charge in [-0.1, -0.05) is 60.1 Å². The number of rotatable bonds is 10. The van der Waals surface area contributed by atoms with Crippen LogP contribution in [0.15, 0.2) is 96.6 Å². The first kappa shape index (κ1) is 30.1. The fourth-order valence-electron chi connectivity index (χ4n) is 4.33. The number of imide groups is 2. The molecule has 0 unspecified atom stereocenters. The van der Waals surface area contributed by atoms with Crippen LogP contribution < -0.4 is 24.4 Å². The van der Waals surface area contributed by atoms with Crippen LogP contribution in [0.5, 0.6) is 17.2 Å². The van der Waals surface area contributed by atoms with E-state index in [4.69, 9.17) is 25.8 Å². The van der Waals surface area contributed by atoms with Gasteiger partial charge in [-0.3, -0.25) is 14.9 Å². The monoisotopic (exact) mass is 708 g/mol. The Kier molecular flexibility index (Phi) is 9.63. The Bertz CT molecular complexity index is 1690. The fraction of sp³-hybridized carbons (Fsp3) is 0.121. The predicted octanol–water partition coefficient (Wildman–Crippen LogP) is 7.17. The van der Waals surface area contributed by atoms with Gasteiger partial charge in [-0.25, -0.2) is 9.69 Å². The van der Waals surface area contributed by atoms with Gasteiger partial charge in [0.25, 0.3) is 11.8 Å². The number of urea groups is 1. The number of carbonyl (C=O) groups excluding carboxylic acids is 3. The first-order valence-corrected chi connectivity index (χ1v) is 14.8. The van der Waals surface area contributed by atoms with Crippen molar-refractivity contribution in [2.24, 2.45) is 0 Å². The maximum atomic E-state index is 13.5. The van der Waals surface area contributed by atoms with E-state index in [-0.39, 0.29) is 17.9 Å². The van der Waals surface area contributed by atoms with Gasteiger partial charge in [-0.05, 0) is 89.2 Å². The van der Waals surface area contributed by atoms with Crippen LogP contribution in [0.1, 0.15) is 23.6 Å². The molecule has 1 fully saturated rings. The minimum atomic E-state index is -0.842. The molecule has 4 aromatic rings. The molecule has 0 atom stereocenters. The molecule has 0 spiro atoms. The first-order valence-electron chi connectivity index (χ1n) is 13.3. The Balaban J connectivity index is 1.36. The van der Waals surface area contributed by atoms with Crippen molar-refractivity contribution in [1.29, 1.82) is 0 Å². The van der Waals surface area contributed by atoms with Gasteiger partial charge in [-0.2, -0.15) is 0 Å². The number of ether oxygens (including phenoxy) is 3. The molecule has 218 valence electrons. The highest BCUT2D eigenvalue weighted by molar-refractivity contribution is 14.1. The van der Waals surface area contributed by atoms with Crippen LogP contribution in [-0.4, -0.2) is 24.5 Å². The van der Waals surface area contributed by atoms with Crippen LogP contribution in [0.4, 0.5) is 10.5 Å². The summed E-state index contributed by atoms with van der Waals surface area (Å²) in [6, 6.07) is 26.1. The highest BCUT2D eigenvalue weighted by Gasteiger charge is 2.37. The van der Waals surface area contributed by atoms with Gasteiger partial charge < -0.3 is 14.2 Å². The number of nitrogens with one attached hydrogen (secondary N) is 1. The SMILES string of the molecule is CCOc1cc(/C=C2\C(=O)NC(=O)N(c3ccc(OCc4ccccc4Cl)cc3)C2=O)cc(I)c1OCc1ccccc1. The minimum absolute atomic E-state index is 0.199. The molecule has 0 bridgehead atoms. The van der Waals surface area contributed by atoms with Gasteiger partial charge in [0.1, 0.15) is 24.5 Å². The van der Waals surface area contributed by atoms with Crippen LogP contribution in [-0.2, 0) is 22.8 Å². The summed E-state index contributed by atoms with van der Waals surface area (Å²) in [7, 11) is 0. The first-order chi connectivity index (χ1) is 20.8. The molecule has 4 amide bonds. The molecule has 1 saturated heterocycles. The normalized spacial score (nSPS) is 14.1. The Morgan fingerprint density at radius 2 is 1.58 bits per heavy atom. The van der Waals surface area contributed by atoms with Crippen LogP contribution in [0.2, 0.25) is 5.02 Å². The number of hydrogen-bond donors (Lipinski definition) is 1. The number of barbiturate groups is 1. The molecule has 1 N–H and O–H groups in total. The molecular weight excluding hydrogens is 683 g/mol. The number of amides is 4. The zero-order valence-electron chi connectivity index (χ0n) is 23.0. The summed E-state index contributed by atoms with van der Waals surface area (Å²) in [5, 5.41) is 2.85. The van der Waals surface area contributed by atoms with Crippen LogP contribution in [0.3, 0.4) is 0 Å². The molecule has 43 heavy (non-hydrogen) atoms. The lowest BCUT2D eigenvalue weighted by Gasteiger charge is -2.26. The summed E-state index contributed by atoms with van der Waals surface area (Å²) in [6.45, 7) is 2.84. The van der Waals surface area contributed by atoms with Crippen molar-refractivity contribution in [3.63, 3.8) is 0 Å². The van der Waals surface area contributed by atoms with Gasteiger partial charge in [0.15, 0.2) is 11.5 Å². The summed E-state index contributed by atoms with van der Waals surface area (Å²) in [4.78, 5) is 39.9. The van der Waals surface area contributed by atoms with E-state index in [1.54, 1.807) is 42.5 Å². The van der Waals surface area contributed by atoms with Crippen LogP contribution >= 0.6 is 34.2 Å². The van der Waals surface area contributed by atoms with Crippen LogP contribution in [0, 0.1) is 3.57 Å². The second kappa shape index (κ2) is 13.7. The highest BCUT2D eigenvalue weighted by atomic mass is 127. The van der Waals surface area contributed by atoms with E-state index in [1.807, 2.05) is 55.5 Å². The van der Waals surface area contributed by atoms with Crippen molar-refractivity contribution < 1.29 is 28.6 Å². The Morgan fingerprint density at radius 1 is 0.860 bits per heavy atom. The third kappa shape index (κ3) is 7.18. The standard InChI is InChI=1S/C33H26ClIN2O6/c1-2-41-29-18-22(17-28(35)30(29)43-19-21-8-4-3-5-9-21)16-26-31(38)36-33(40)37(32(26)39)24-12-14-25(15-13-24)42-20-23-10-6-7-11-27(23)34/h3-18H,2,19-20H2,1H3,(H,36,38,40)/b26-16+. The Labute approximate surface area is 267 Å². The molecule has 5 rings (SSSR count). The van der Waals surface area contributed by atoms with E-state index < -0.39 is 17.8 Å². The van der Waals surface area contributed by atoms with Crippen molar-refractivity contribution in [2.45, 2.75) is 20.1 Å². The largest absolute Gasteiger partial charge is 0.490 e. The predicted molar refractivity (Wildman–Crippen MR) is 172 cm³/mol. The van der Waals surface area contributed by atoms with Crippen molar-refractivity contribution in [1.82, 2.24) is 5.32 Å². The molecule has 4 aromatic carbocycles. The Morgan fingerprint density at radius 3 is 2.30 bits per heavy atom. The van der Waals surface area contributed by atoms with E-state index in [0.29, 0.717) is 41.0 Å². The third-order valence-electron chi connectivity index (χ3n) is 6.42. The molecule has 1 aliphatic rings. The van der Waals surface area contributed by atoms with Gasteiger partial charge in [0.05, 0.1) is 15.9 Å². The molecule has 0 saturated carbocycles. The smallest absolute Gasteiger partial charge is 0.335 e. The highest BCUT2D eigenvalue weighted by Crippen LogP contribution is 2.36. The maximum absolute atomic E-state index is 13.5. The second-order valence-corrected chi connectivity index (χ2v) is 10.9. The number of benzene rings is 4. The number of carbonyl (C=O) groups is 3. The molecule has 0 aromatic heterocycles. The van der Waals surface area contributed by atoms with E-state index >= 15 is 0 Å². The zero-order valence-corrected chi connectivity index (χ0v) is 25.9. The van der Waals surface area contributed by atoms with Crippen molar-refractivity contribution in [3.05, 3.63) is 122 Å². The van der Waals surface area contributed by atoms with E-state index in [9.17, 15) is 14.4 Å². The molecule has 1 aliphatic heterocycles. The number of halogens is 2. The van der Waals surface area contributed by atoms with Gasteiger partial charge >= 0.3 is 6.03 Å². The summed E-state index contributed by atoms with van der Waals surface area (Å²) in [5.41, 5.74) is 2.44. The third-order valence-corrected chi connectivity index (χ3v) is 7.59. The van der Waals surface area contributed by atoms with Crippen molar-refractivity contribution >= 4 is 63.8 Å². The maximum Gasteiger partial charge on any atom is 0.335 e. The molecular formula is C33H26ClIN2O6. The quantitative estimate of drug-likeness (QED) is 0.107.